The van der Waals surface area contributed by atoms with Crippen molar-refractivity contribution >= 4 is 18.0 Å². The summed E-state index contributed by atoms with van der Waals surface area (Å²) in [5.41, 5.74) is 0. The molecular weight excluding hydrogens is 370 g/mol. The average Bonchev–Trinajstić information content (AvgIpc) is 3.05. The third kappa shape index (κ3) is 3.46. The fourth-order valence-corrected chi connectivity index (χ4v) is 3.90. The van der Waals surface area contributed by atoms with E-state index >= 15 is 0 Å². The number of carbonyl (C=O) groups excluding carboxylic acids is 1. The van der Waals surface area contributed by atoms with E-state index in [4.69, 9.17) is 0 Å². The number of esters is 1. The lowest BCUT2D eigenvalue weighted by molar-refractivity contribution is -0.777. The maximum atomic E-state index is 13.0. The molecule has 2 bridgehead atoms. The molecule has 0 saturated heterocycles. The highest BCUT2D eigenvalue weighted by atomic mass is 32.2. The first kappa shape index (κ1) is 19.6. The third-order valence-electron chi connectivity index (χ3n) is 4.59. The van der Waals surface area contributed by atoms with Crippen molar-refractivity contribution < 1.29 is 50.5 Å². The highest BCUT2D eigenvalue weighted by Crippen LogP contribution is 2.54. The minimum atomic E-state index is -6.11. The van der Waals surface area contributed by atoms with E-state index in [1.807, 2.05) is 0 Å². The Balaban J connectivity index is 2.14. The van der Waals surface area contributed by atoms with Crippen LogP contribution in [-0.4, -0.2) is 29.7 Å². The second kappa shape index (κ2) is 6.89. The average molecular weight is 383 g/mol. The molecule has 0 amide bonds. The van der Waals surface area contributed by atoms with E-state index in [0.717, 1.165) is 19.3 Å². The standard InChI is InChI=1S/C12H14F6O5S/c13-11(14,15)10(12(16,17)18,24-23-22-20)9(19)21-5-8-4-6-1-2-7(8)3-6/h6-8,20H,1-5H2/p-1. The van der Waals surface area contributed by atoms with Gasteiger partial charge in [0, 0.05) is 0 Å². The molecule has 2 rings (SSSR count). The number of hydrogen-bond acceptors (Lipinski definition) is 6. The van der Waals surface area contributed by atoms with Gasteiger partial charge in [0.2, 0.25) is 0 Å². The number of halogens is 6. The molecule has 2 aliphatic carbocycles. The molecule has 12 heteroatoms. The van der Waals surface area contributed by atoms with Crippen LogP contribution in [0.2, 0.25) is 0 Å². The van der Waals surface area contributed by atoms with Crippen molar-refractivity contribution in [1.82, 2.24) is 0 Å². The summed E-state index contributed by atoms with van der Waals surface area (Å²) >= 11 is -1.47. The summed E-state index contributed by atoms with van der Waals surface area (Å²) in [4.78, 5) is 11.7. The van der Waals surface area contributed by atoms with Crippen molar-refractivity contribution in [2.45, 2.75) is 42.8 Å². The van der Waals surface area contributed by atoms with Crippen LogP contribution in [0.4, 0.5) is 26.3 Å². The summed E-state index contributed by atoms with van der Waals surface area (Å²) in [5, 5.41) is 12.2. The number of rotatable bonds is 6. The number of hydrogen-bond donors (Lipinski definition) is 0. The Labute approximate surface area is 136 Å². The Morgan fingerprint density at radius 2 is 1.71 bits per heavy atom. The first-order valence-corrected chi connectivity index (χ1v) is 7.72. The molecule has 0 heterocycles. The summed E-state index contributed by atoms with van der Waals surface area (Å²) in [5.74, 6) is -2.32. The fraction of sp³-hybridized carbons (Fsp3) is 0.917. The molecule has 0 spiro atoms. The molecule has 0 radical (unpaired) electrons. The first-order chi connectivity index (χ1) is 11.0. The van der Waals surface area contributed by atoms with Gasteiger partial charge in [0.25, 0.3) is 0 Å². The molecule has 2 aliphatic rings. The summed E-state index contributed by atoms with van der Waals surface area (Å²) in [6, 6.07) is 0. The largest absolute Gasteiger partial charge is 0.691 e. The van der Waals surface area contributed by atoms with Crippen molar-refractivity contribution in [3.63, 3.8) is 0 Å². The lowest BCUT2D eigenvalue weighted by Crippen LogP contribution is -2.60. The molecule has 0 N–H and O–H groups in total. The lowest BCUT2D eigenvalue weighted by atomic mass is 9.89. The summed E-state index contributed by atoms with van der Waals surface area (Å²) < 4.78 is 80.6. The van der Waals surface area contributed by atoms with Crippen LogP contribution in [0.3, 0.4) is 0 Å². The van der Waals surface area contributed by atoms with Gasteiger partial charge in [-0.15, -0.1) is 0 Å². The van der Waals surface area contributed by atoms with Crippen LogP contribution in [0.15, 0.2) is 0 Å². The summed E-state index contributed by atoms with van der Waals surface area (Å²) in [7, 11) is 0. The zero-order valence-corrected chi connectivity index (χ0v) is 12.8. The Hall–Kier alpha value is -0.720. The van der Waals surface area contributed by atoms with Gasteiger partial charge in [-0.05, 0) is 37.0 Å². The van der Waals surface area contributed by atoms with Crippen molar-refractivity contribution in [2.75, 3.05) is 6.61 Å². The van der Waals surface area contributed by atoms with Gasteiger partial charge in [-0.1, -0.05) is 6.42 Å². The molecule has 3 unspecified atom stereocenters. The molecule has 5 nitrogen and oxygen atoms in total. The van der Waals surface area contributed by atoms with Crippen molar-refractivity contribution in [2.24, 2.45) is 17.8 Å². The third-order valence-corrected chi connectivity index (χ3v) is 5.59. The topological polar surface area (TPSA) is 67.8 Å². The Morgan fingerprint density at radius 1 is 1.08 bits per heavy atom. The maximum Gasteiger partial charge on any atom is 0.425 e. The van der Waals surface area contributed by atoms with E-state index in [-0.39, 0.29) is 11.8 Å². The number of carbonyl (C=O) groups is 1. The van der Waals surface area contributed by atoms with Crippen LogP contribution in [0, 0.1) is 17.8 Å². The maximum absolute atomic E-state index is 13.0. The van der Waals surface area contributed by atoms with Gasteiger partial charge in [-0.2, -0.15) is 30.7 Å². The number of alkyl halides is 6. The summed E-state index contributed by atoms with van der Waals surface area (Å²) in [6.07, 6.45) is -8.99. The molecule has 0 aromatic rings. The highest BCUT2D eigenvalue weighted by Gasteiger charge is 2.79. The molecule has 2 fully saturated rings. The van der Waals surface area contributed by atoms with Crippen LogP contribution < -0.4 is 5.26 Å². The van der Waals surface area contributed by atoms with E-state index in [9.17, 15) is 36.4 Å². The van der Waals surface area contributed by atoms with Gasteiger partial charge in [0.1, 0.15) is 0 Å². The van der Waals surface area contributed by atoms with Crippen LogP contribution in [0.5, 0.6) is 0 Å². The van der Waals surface area contributed by atoms with Crippen molar-refractivity contribution in [3.8, 4) is 0 Å². The van der Waals surface area contributed by atoms with E-state index in [1.54, 1.807) is 0 Å². The molecular formula is C12H13F6O5S-. The molecule has 3 atom stereocenters. The second-order valence-electron chi connectivity index (χ2n) is 5.93. The Morgan fingerprint density at radius 3 is 2.12 bits per heavy atom. The van der Waals surface area contributed by atoms with Gasteiger partial charge in [0.15, 0.2) is 0 Å². The number of ether oxygens (including phenoxy) is 1. The normalized spacial score (nSPS) is 27.5. The van der Waals surface area contributed by atoms with E-state index in [1.165, 1.54) is 0 Å². The monoisotopic (exact) mass is 383 g/mol. The Kier molecular flexibility index (Phi) is 5.62. The zero-order chi connectivity index (χ0) is 18.2. The highest BCUT2D eigenvalue weighted by molar-refractivity contribution is 7.96. The van der Waals surface area contributed by atoms with Gasteiger partial charge >= 0.3 is 23.1 Å². The van der Waals surface area contributed by atoms with E-state index < -0.39 is 41.7 Å². The quantitative estimate of drug-likeness (QED) is 0.231. The minimum absolute atomic E-state index is 0.142. The smallest absolute Gasteiger partial charge is 0.425 e. The van der Waals surface area contributed by atoms with Gasteiger partial charge in [-0.25, -0.2) is 4.79 Å². The van der Waals surface area contributed by atoms with Gasteiger partial charge < -0.3 is 9.99 Å². The molecule has 24 heavy (non-hydrogen) atoms. The minimum Gasteiger partial charge on any atom is -0.691 e. The fourth-order valence-electron chi connectivity index (χ4n) is 3.45. The van der Waals surface area contributed by atoms with Crippen LogP contribution in [-0.2, 0) is 18.9 Å². The SMILES string of the molecule is O=C(OCC1CC2CCC1C2)C(SOO[O-])(C(F)(F)F)C(F)(F)F. The zero-order valence-electron chi connectivity index (χ0n) is 12.0. The molecule has 140 valence electrons. The second-order valence-corrected chi connectivity index (χ2v) is 6.84. The Bertz CT molecular complexity index is 454. The van der Waals surface area contributed by atoms with E-state index in [0.29, 0.717) is 12.3 Å². The van der Waals surface area contributed by atoms with Crippen molar-refractivity contribution in [1.29, 1.82) is 0 Å². The summed E-state index contributed by atoms with van der Waals surface area (Å²) in [6.45, 7) is -0.535. The van der Waals surface area contributed by atoms with Crippen molar-refractivity contribution in [3.05, 3.63) is 0 Å². The predicted molar refractivity (Wildman–Crippen MR) is 64.5 cm³/mol. The van der Waals surface area contributed by atoms with Gasteiger partial charge in [0.05, 0.1) is 18.6 Å². The number of fused-ring (bicyclic) bond motifs is 2. The van der Waals surface area contributed by atoms with Crippen LogP contribution in [0.1, 0.15) is 25.7 Å². The van der Waals surface area contributed by atoms with Crippen LogP contribution >= 0.6 is 12.0 Å². The molecule has 0 aromatic heterocycles. The van der Waals surface area contributed by atoms with Crippen LogP contribution in [0.25, 0.3) is 0 Å². The van der Waals surface area contributed by atoms with Gasteiger partial charge in [-0.3, -0.25) is 5.04 Å². The predicted octanol–water partition coefficient (Wildman–Crippen LogP) is 2.70. The lowest BCUT2D eigenvalue weighted by Gasteiger charge is -2.33. The molecule has 0 aromatic carbocycles. The first-order valence-electron chi connectivity index (χ1n) is 6.98. The van der Waals surface area contributed by atoms with E-state index in [2.05, 4.69) is 14.1 Å². The molecule has 2 saturated carbocycles. The molecule has 0 aliphatic heterocycles.